The number of rotatable bonds is 8. The van der Waals surface area contributed by atoms with Gasteiger partial charge in [0.25, 0.3) is 0 Å². The smallest absolute Gasteiger partial charge is 0.00976 e. The minimum Gasteiger partial charge on any atom is -0.301 e. The van der Waals surface area contributed by atoms with Crippen molar-refractivity contribution in [2.75, 3.05) is 14.1 Å². The zero-order valence-electron chi connectivity index (χ0n) is 18.1. The molecule has 0 amide bonds. The predicted octanol–water partition coefficient (Wildman–Crippen LogP) is 5.95. The van der Waals surface area contributed by atoms with Crippen LogP contribution >= 0.6 is 0 Å². The summed E-state index contributed by atoms with van der Waals surface area (Å²) in [5.74, 6) is 1.98. The molecule has 0 radical (unpaired) electrons. The molecule has 0 heterocycles. The van der Waals surface area contributed by atoms with Crippen molar-refractivity contribution < 1.29 is 0 Å². The second kappa shape index (κ2) is 10.3. The molecule has 6 unspecified atom stereocenters. The van der Waals surface area contributed by atoms with Crippen LogP contribution in [0.5, 0.6) is 0 Å². The molecule has 2 fully saturated rings. The van der Waals surface area contributed by atoms with Crippen LogP contribution in [0.3, 0.4) is 0 Å². The monoisotopic (exact) mass is 350 g/mol. The Balaban J connectivity index is 1.84. The summed E-state index contributed by atoms with van der Waals surface area (Å²) < 4.78 is 0. The highest BCUT2D eigenvalue weighted by Gasteiger charge is 2.31. The van der Waals surface area contributed by atoms with Gasteiger partial charge in [0.15, 0.2) is 0 Å². The van der Waals surface area contributed by atoms with Gasteiger partial charge in [0.2, 0.25) is 0 Å². The average molecular weight is 351 g/mol. The predicted molar refractivity (Wildman–Crippen MR) is 111 cm³/mol. The van der Waals surface area contributed by atoms with Gasteiger partial charge < -0.3 is 9.80 Å². The van der Waals surface area contributed by atoms with E-state index in [1.54, 1.807) is 0 Å². The van der Waals surface area contributed by atoms with E-state index in [-0.39, 0.29) is 0 Å². The highest BCUT2D eigenvalue weighted by atomic mass is 15.2. The van der Waals surface area contributed by atoms with Gasteiger partial charge in [-0.15, -0.1) is 0 Å². The molecule has 0 saturated heterocycles. The first-order valence-corrected chi connectivity index (χ1v) is 11.4. The van der Waals surface area contributed by atoms with Crippen molar-refractivity contribution in [3.8, 4) is 0 Å². The first kappa shape index (κ1) is 21.2. The molecular weight excluding hydrogens is 304 g/mol. The van der Waals surface area contributed by atoms with E-state index < -0.39 is 0 Å². The van der Waals surface area contributed by atoms with Crippen LogP contribution < -0.4 is 0 Å². The maximum Gasteiger partial charge on any atom is 0.00976 e. The van der Waals surface area contributed by atoms with Crippen molar-refractivity contribution in [1.29, 1.82) is 0 Å². The standard InChI is InChI=1S/C23H46N2/c1-7-18(3)24(5)22-13-9-11-20(16-22)15-21-12-10-14-23(17-21)25(6)19(4)8-2/h18-23H,7-17H2,1-6H3. The fraction of sp³-hybridized carbons (Fsp3) is 1.00. The van der Waals surface area contributed by atoms with Gasteiger partial charge in [0.05, 0.1) is 0 Å². The summed E-state index contributed by atoms with van der Waals surface area (Å²) in [7, 11) is 4.75. The maximum absolute atomic E-state index is 2.69. The van der Waals surface area contributed by atoms with E-state index in [9.17, 15) is 0 Å². The van der Waals surface area contributed by atoms with E-state index in [1.165, 1.54) is 70.6 Å². The Labute approximate surface area is 158 Å². The van der Waals surface area contributed by atoms with E-state index in [2.05, 4.69) is 51.6 Å². The third-order valence-electron chi connectivity index (χ3n) is 7.90. The van der Waals surface area contributed by atoms with Crippen molar-refractivity contribution >= 4 is 0 Å². The summed E-state index contributed by atoms with van der Waals surface area (Å²) in [5, 5.41) is 0. The second-order valence-electron chi connectivity index (χ2n) is 9.45. The minimum atomic E-state index is 0.743. The summed E-state index contributed by atoms with van der Waals surface area (Å²) in [6.45, 7) is 9.47. The molecule has 0 spiro atoms. The average Bonchev–Trinajstić information content (AvgIpc) is 2.65. The van der Waals surface area contributed by atoms with E-state index in [1.807, 2.05) is 0 Å². The summed E-state index contributed by atoms with van der Waals surface area (Å²) >= 11 is 0. The third-order valence-corrected chi connectivity index (χ3v) is 7.90. The Morgan fingerprint density at radius 1 is 0.720 bits per heavy atom. The molecule has 148 valence electrons. The number of hydrogen-bond acceptors (Lipinski definition) is 2. The van der Waals surface area contributed by atoms with Crippen molar-refractivity contribution in [3.05, 3.63) is 0 Å². The molecule has 0 aliphatic heterocycles. The molecule has 0 N–H and O–H groups in total. The molecule has 2 aliphatic rings. The van der Waals surface area contributed by atoms with Crippen LogP contribution in [0.2, 0.25) is 0 Å². The van der Waals surface area contributed by atoms with Crippen molar-refractivity contribution in [2.24, 2.45) is 11.8 Å². The molecule has 0 aromatic heterocycles. The molecule has 25 heavy (non-hydrogen) atoms. The molecule has 0 aromatic carbocycles. The van der Waals surface area contributed by atoms with Crippen LogP contribution in [0.25, 0.3) is 0 Å². The van der Waals surface area contributed by atoms with Gasteiger partial charge in [-0.05, 0) is 84.7 Å². The maximum atomic E-state index is 2.69. The van der Waals surface area contributed by atoms with Crippen molar-refractivity contribution in [3.63, 3.8) is 0 Å². The Hall–Kier alpha value is -0.0800. The van der Waals surface area contributed by atoms with Gasteiger partial charge in [0, 0.05) is 24.2 Å². The summed E-state index contributed by atoms with van der Waals surface area (Å²) in [4.78, 5) is 5.37. The summed E-state index contributed by atoms with van der Waals surface area (Å²) in [6.07, 6.45) is 15.8. The zero-order chi connectivity index (χ0) is 18.4. The van der Waals surface area contributed by atoms with Crippen LogP contribution in [0.1, 0.15) is 98.3 Å². The van der Waals surface area contributed by atoms with Gasteiger partial charge in [-0.3, -0.25) is 0 Å². The SMILES string of the molecule is CCC(C)N(C)C1CCCC(CC2CCCC(N(C)C(C)CC)C2)C1. The summed E-state index contributed by atoms with van der Waals surface area (Å²) in [5.41, 5.74) is 0. The largest absolute Gasteiger partial charge is 0.301 e. The minimum absolute atomic E-state index is 0.743. The molecule has 6 atom stereocenters. The van der Waals surface area contributed by atoms with E-state index >= 15 is 0 Å². The Morgan fingerprint density at radius 2 is 1.12 bits per heavy atom. The Kier molecular flexibility index (Phi) is 8.75. The van der Waals surface area contributed by atoms with Crippen molar-refractivity contribution in [1.82, 2.24) is 9.80 Å². The lowest BCUT2D eigenvalue weighted by molar-refractivity contribution is 0.0867. The van der Waals surface area contributed by atoms with Gasteiger partial charge >= 0.3 is 0 Å². The molecule has 0 aromatic rings. The van der Waals surface area contributed by atoms with Crippen LogP contribution in [0.4, 0.5) is 0 Å². The van der Waals surface area contributed by atoms with Gasteiger partial charge in [-0.2, -0.15) is 0 Å². The first-order valence-electron chi connectivity index (χ1n) is 11.4. The van der Waals surface area contributed by atoms with Crippen LogP contribution in [-0.4, -0.2) is 48.1 Å². The molecule has 2 heteroatoms. The highest BCUT2D eigenvalue weighted by Crippen LogP contribution is 2.38. The lowest BCUT2D eigenvalue weighted by Gasteiger charge is -2.42. The Morgan fingerprint density at radius 3 is 1.48 bits per heavy atom. The highest BCUT2D eigenvalue weighted by molar-refractivity contribution is 4.86. The van der Waals surface area contributed by atoms with Crippen LogP contribution in [0, 0.1) is 11.8 Å². The lowest BCUT2D eigenvalue weighted by atomic mass is 9.74. The molecule has 2 rings (SSSR count). The topological polar surface area (TPSA) is 6.48 Å². The molecule has 2 aliphatic carbocycles. The van der Waals surface area contributed by atoms with Crippen LogP contribution in [-0.2, 0) is 0 Å². The fourth-order valence-electron chi connectivity index (χ4n) is 5.46. The van der Waals surface area contributed by atoms with E-state index in [4.69, 9.17) is 0 Å². The summed E-state index contributed by atoms with van der Waals surface area (Å²) in [6, 6.07) is 3.17. The van der Waals surface area contributed by atoms with Gasteiger partial charge in [-0.25, -0.2) is 0 Å². The van der Waals surface area contributed by atoms with E-state index in [0.29, 0.717) is 0 Å². The second-order valence-corrected chi connectivity index (χ2v) is 9.45. The quantitative estimate of drug-likeness (QED) is 0.533. The van der Waals surface area contributed by atoms with Crippen LogP contribution in [0.15, 0.2) is 0 Å². The third kappa shape index (κ3) is 5.96. The molecule has 0 bridgehead atoms. The van der Waals surface area contributed by atoms with E-state index in [0.717, 1.165) is 36.0 Å². The molecule has 2 saturated carbocycles. The fourth-order valence-corrected chi connectivity index (χ4v) is 5.46. The lowest BCUT2D eigenvalue weighted by Crippen LogP contribution is -2.43. The van der Waals surface area contributed by atoms with Crippen molar-refractivity contribution in [2.45, 2.75) is 122 Å². The number of hydrogen-bond donors (Lipinski definition) is 0. The molecule has 2 nitrogen and oxygen atoms in total. The number of nitrogens with zero attached hydrogens (tertiary/aromatic N) is 2. The van der Waals surface area contributed by atoms with Gasteiger partial charge in [0.1, 0.15) is 0 Å². The normalized spacial score (nSPS) is 33.6. The van der Waals surface area contributed by atoms with Gasteiger partial charge in [-0.1, -0.05) is 39.5 Å². The zero-order valence-corrected chi connectivity index (χ0v) is 18.1. The molecular formula is C23H46N2. The first-order chi connectivity index (χ1) is 12.0. The Bertz CT molecular complexity index is 335.